The SMILES string of the molecule is CCNC(=NCCCOCC1CCOC1)NCCN1CCCCC1C.I. The zero-order valence-corrected chi connectivity index (χ0v) is 19.0. The van der Waals surface area contributed by atoms with Crippen LogP contribution in [0.4, 0.5) is 0 Å². The van der Waals surface area contributed by atoms with Crippen molar-refractivity contribution in [1.82, 2.24) is 15.5 Å². The molecule has 6 nitrogen and oxygen atoms in total. The number of piperidine rings is 1. The van der Waals surface area contributed by atoms with Crippen LogP contribution in [0.3, 0.4) is 0 Å². The molecule has 0 bridgehead atoms. The van der Waals surface area contributed by atoms with E-state index in [0.717, 1.165) is 77.4 Å². The Morgan fingerprint density at radius 2 is 2.15 bits per heavy atom. The summed E-state index contributed by atoms with van der Waals surface area (Å²) in [6.45, 7) is 12.8. The summed E-state index contributed by atoms with van der Waals surface area (Å²) in [5, 5.41) is 6.79. The van der Waals surface area contributed by atoms with E-state index in [1.165, 1.54) is 25.8 Å². The Balaban J connectivity index is 0.00000338. The summed E-state index contributed by atoms with van der Waals surface area (Å²) in [5.41, 5.74) is 0. The summed E-state index contributed by atoms with van der Waals surface area (Å²) < 4.78 is 11.1. The molecular formula is C19H39IN4O2. The van der Waals surface area contributed by atoms with Gasteiger partial charge in [-0.2, -0.15) is 0 Å². The van der Waals surface area contributed by atoms with Crippen molar-refractivity contribution in [3.8, 4) is 0 Å². The number of nitrogens with one attached hydrogen (secondary N) is 2. The number of hydrogen-bond donors (Lipinski definition) is 2. The van der Waals surface area contributed by atoms with Gasteiger partial charge in [0.2, 0.25) is 0 Å². The average Bonchev–Trinajstić information content (AvgIpc) is 3.13. The Labute approximate surface area is 176 Å². The second kappa shape index (κ2) is 14.9. The topological polar surface area (TPSA) is 58.1 Å². The smallest absolute Gasteiger partial charge is 0.191 e. The first kappa shape index (κ1) is 23.9. The van der Waals surface area contributed by atoms with Gasteiger partial charge in [-0.15, -0.1) is 24.0 Å². The van der Waals surface area contributed by atoms with Gasteiger partial charge in [-0.1, -0.05) is 6.42 Å². The number of hydrogen-bond acceptors (Lipinski definition) is 4. The van der Waals surface area contributed by atoms with Crippen molar-refractivity contribution in [3.05, 3.63) is 0 Å². The van der Waals surface area contributed by atoms with Crippen LogP contribution in [0.1, 0.15) is 46.0 Å². The molecule has 0 aromatic carbocycles. The minimum absolute atomic E-state index is 0. The summed E-state index contributed by atoms with van der Waals surface area (Å²) in [6.07, 6.45) is 6.16. The lowest BCUT2D eigenvalue weighted by atomic mass is 10.0. The van der Waals surface area contributed by atoms with Gasteiger partial charge in [0.15, 0.2) is 5.96 Å². The fraction of sp³-hybridized carbons (Fsp3) is 0.947. The molecule has 7 heteroatoms. The van der Waals surface area contributed by atoms with E-state index in [4.69, 9.17) is 9.47 Å². The highest BCUT2D eigenvalue weighted by atomic mass is 127. The Bertz CT molecular complexity index is 379. The summed E-state index contributed by atoms with van der Waals surface area (Å²) in [7, 11) is 0. The number of guanidine groups is 1. The quantitative estimate of drug-likeness (QED) is 0.217. The number of rotatable bonds is 10. The predicted octanol–water partition coefficient (Wildman–Crippen LogP) is 2.48. The average molecular weight is 482 g/mol. The van der Waals surface area contributed by atoms with Crippen molar-refractivity contribution in [2.24, 2.45) is 10.9 Å². The summed E-state index contributed by atoms with van der Waals surface area (Å²) >= 11 is 0. The van der Waals surface area contributed by atoms with E-state index < -0.39 is 0 Å². The number of halogens is 1. The van der Waals surface area contributed by atoms with Gasteiger partial charge >= 0.3 is 0 Å². The van der Waals surface area contributed by atoms with Crippen LogP contribution in [-0.2, 0) is 9.47 Å². The minimum Gasteiger partial charge on any atom is -0.381 e. The van der Waals surface area contributed by atoms with E-state index >= 15 is 0 Å². The fourth-order valence-electron chi connectivity index (χ4n) is 3.47. The Morgan fingerprint density at radius 3 is 2.88 bits per heavy atom. The van der Waals surface area contributed by atoms with E-state index in [1.54, 1.807) is 0 Å². The van der Waals surface area contributed by atoms with Crippen molar-refractivity contribution >= 4 is 29.9 Å². The maximum atomic E-state index is 5.73. The van der Waals surface area contributed by atoms with E-state index in [0.29, 0.717) is 5.92 Å². The molecule has 0 amide bonds. The summed E-state index contributed by atoms with van der Waals surface area (Å²) in [5.74, 6) is 1.52. The van der Waals surface area contributed by atoms with Crippen LogP contribution in [0.2, 0.25) is 0 Å². The van der Waals surface area contributed by atoms with E-state index in [1.807, 2.05) is 0 Å². The second-order valence-electron chi connectivity index (χ2n) is 7.23. The van der Waals surface area contributed by atoms with Gasteiger partial charge in [-0.25, -0.2) is 0 Å². The van der Waals surface area contributed by atoms with Crippen LogP contribution in [0.25, 0.3) is 0 Å². The van der Waals surface area contributed by atoms with Gasteiger partial charge in [0, 0.05) is 51.4 Å². The molecule has 26 heavy (non-hydrogen) atoms. The fourth-order valence-corrected chi connectivity index (χ4v) is 3.47. The maximum Gasteiger partial charge on any atom is 0.191 e. The van der Waals surface area contributed by atoms with Crippen LogP contribution in [0.15, 0.2) is 4.99 Å². The van der Waals surface area contributed by atoms with Gasteiger partial charge in [-0.3, -0.25) is 9.89 Å². The Kier molecular flexibility index (Phi) is 13.7. The maximum absolute atomic E-state index is 5.73. The third-order valence-corrected chi connectivity index (χ3v) is 5.07. The second-order valence-corrected chi connectivity index (χ2v) is 7.23. The van der Waals surface area contributed by atoms with E-state index in [-0.39, 0.29) is 24.0 Å². The van der Waals surface area contributed by atoms with Crippen molar-refractivity contribution in [1.29, 1.82) is 0 Å². The van der Waals surface area contributed by atoms with Gasteiger partial charge in [0.25, 0.3) is 0 Å². The molecule has 0 aromatic heterocycles. The van der Waals surface area contributed by atoms with Gasteiger partial charge in [0.05, 0.1) is 13.2 Å². The molecule has 2 heterocycles. The molecule has 2 atom stereocenters. The monoisotopic (exact) mass is 482 g/mol. The van der Waals surface area contributed by atoms with Crippen LogP contribution in [0.5, 0.6) is 0 Å². The van der Waals surface area contributed by atoms with Crippen molar-refractivity contribution < 1.29 is 9.47 Å². The molecule has 2 aliphatic heterocycles. The highest BCUT2D eigenvalue weighted by Crippen LogP contribution is 2.15. The first-order valence-corrected chi connectivity index (χ1v) is 10.2. The summed E-state index contributed by atoms with van der Waals surface area (Å²) in [4.78, 5) is 7.24. The number of aliphatic imine (C=N–C) groups is 1. The van der Waals surface area contributed by atoms with Crippen LogP contribution in [0, 0.1) is 5.92 Å². The third kappa shape index (κ3) is 9.71. The molecule has 2 rings (SSSR count). The largest absolute Gasteiger partial charge is 0.381 e. The zero-order chi connectivity index (χ0) is 17.7. The predicted molar refractivity (Wildman–Crippen MR) is 119 cm³/mol. The highest BCUT2D eigenvalue weighted by molar-refractivity contribution is 14.0. The lowest BCUT2D eigenvalue weighted by molar-refractivity contribution is 0.0893. The number of likely N-dealkylation sites (tertiary alicyclic amines) is 1. The van der Waals surface area contributed by atoms with Crippen LogP contribution >= 0.6 is 24.0 Å². The Hall–Kier alpha value is -0.120. The third-order valence-electron chi connectivity index (χ3n) is 5.07. The van der Waals surface area contributed by atoms with Crippen LogP contribution in [-0.4, -0.2) is 76.1 Å². The molecule has 0 saturated carbocycles. The minimum atomic E-state index is 0. The van der Waals surface area contributed by atoms with Gasteiger partial charge in [0.1, 0.15) is 0 Å². The first-order valence-electron chi connectivity index (χ1n) is 10.2. The zero-order valence-electron chi connectivity index (χ0n) is 16.7. The molecule has 0 aromatic rings. The first-order chi connectivity index (χ1) is 12.3. The molecule has 2 saturated heterocycles. The number of ether oxygens (including phenoxy) is 2. The van der Waals surface area contributed by atoms with Crippen molar-refractivity contribution in [2.45, 2.75) is 52.0 Å². The highest BCUT2D eigenvalue weighted by Gasteiger charge is 2.17. The summed E-state index contributed by atoms with van der Waals surface area (Å²) in [6, 6.07) is 0.720. The van der Waals surface area contributed by atoms with Crippen molar-refractivity contribution in [3.63, 3.8) is 0 Å². The molecule has 2 N–H and O–H groups in total. The molecule has 2 unspecified atom stereocenters. The van der Waals surface area contributed by atoms with E-state index in [9.17, 15) is 0 Å². The Morgan fingerprint density at radius 1 is 1.27 bits per heavy atom. The van der Waals surface area contributed by atoms with Crippen molar-refractivity contribution in [2.75, 3.05) is 59.2 Å². The van der Waals surface area contributed by atoms with Gasteiger partial charge in [-0.05, 0) is 46.1 Å². The van der Waals surface area contributed by atoms with Crippen LogP contribution < -0.4 is 10.6 Å². The lowest BCUT2D eigenvalue weighted by Gasteiger charge is -2.33. The lowest BCUT2D eigenvalue weighted by Crippen LogP contribution is -2.45. The molecule has 154 valence electrons. The molecule has 0 aliphatic carbocycles. The van der Waals surface area contributed by atoms with E-state index in [2.05, 4.69) is 34.4 Å². The molecule has 2 aliphatic rings. The number of nitrogens with zero attached hydrogens (tertiary/aromatic N) is 2. The standard InChI is InChI=1S/C19H38N4O2.HI/c1-3-20-19(22-10-12-23-11-5-4-7-17(23)2)21-9-6-13-24-15-18-8-14-25-16-18;/h17-18H,3-16H2,1-2H3,(H2,20,21,22);1H. The molecule has 0 radical (unpaired) electrons. The normalized spacial score (nSPS) is 24.3. The molecular weight excluding hydrogens is 443 g/mol. The van der Waals surface area contributed by atoms with Gasteiger partial charge < -0.3 is 20.1 Å². The molecule has 2 fully saturated rings. The molecule has 0 spiro atoms.